The van der Waals surface area contributed by atoms with E-state index < -0.39 is 10.0 Å². The second-order valence-corrected chi connectivity index (χ2v) is 11.3. The lowest BCUT2D eigenvalue weighted by Gasteiger charge is -2.38. The molecule has 1 aliphatic heterocycles. The van der Waals surface area contributed by atoms with Crippen LogP contribution >= 0.6 is 15.9 Å². The Morgan fingerprint density at radius 1 is 0.969 bits per heavy atom. The fourth-order valence-corrected chi connectivity index (χ4v) is 6.63. The Morgan fingerprint density at radius 2 is 1.72 bits per heavy atom. The van der Waals surface area contributed by atoms with E-state index in [4.69, 9.17) is 0 Å². The van der Waals surface area contributed by atoms with Crippen molar-refractivity contribution in [3.05, 3.63) is 99.5 Å². The van der Waals surface area contributed by atoms with Crippen molar-refractivity contribution in [1.82, 2.24) is 0 Å². The SMILES string of the molecule is Cc1cc(C)cc(NS(=O)(=O)c2ccc3c(c2)[C@H]2C=CC[C@H]2[C@@H](c2ccccc2Br)N3)c1. The van der Waals surface area contributed by atoms with Crippen LogP contribution in [0.2, 0.25) is 0 Å². The van der Waals surface area contributed by atoms with Gasteiger partial charge in [-0.1, -0.05) is 52.3 Å². The molecular formula is C26H25BrN2O2S. The molecule has 0 spiro atoms. The minimum atomic E-state index is -3.69. The first kappa shape index (κ1) is 21.3. The number of benzene rings is 3. The lowest BCUT2D eigenvalue weighted by molar-refractivity contribution is 0.424. The summed E-state index contributed by atoms with van der Waals surface area (Å²) in [5.41, 5.74) is 5.89. The number of hydrogen-bond acceptors (Lipinski definition) is 3. The topological polar surface area (TPSA) is 58.2 Å². The molecule has 3 aromatic carbocycles. The Hall–Kier alpha value is -2.57. The highest BCUT2D eigenvalue weighted by atomic mass is 79.9. The predicted molar refractivity (Wildman–Crippen MR) is 134 cm³/mol. The highest BCUT2D eigenvalue weighted by Gasteiger charge is 2.39. The molecule has 3 aromatic rings. The normalized spacial score (nSPS) is 21.5. The smallest absolute Gasteiger partial charge is 0.261 e. The second-order valence-electron chi connectivity index (χ2n) is 8.73. The molecule has 0 amide bonds. The molecule has 2 N–H and O–H groups in total. The van der Waals surface area contributed by atoms with E-state index in [-0.39, 0.29) is 16.9 Å². The van der Waals surface area contributed by atoms with E-state index >= 15 is 0 Å². The van der Waals surface area contributed by atoms with Crippen molar-refractivity contribution in [3.8, 4) is 0 Å². The monoisotopic (exact) mass is 508 g/mol. The molecule has 0 fully saturated rings. The maximum Gasteiger partial charge on any atom is 0.261 e. The van der Waals surface area contributed by atoms with Gasteiger partial charge < -0.3 is 5.32 Å². The average Bonchev–Trinajstić information content (AvgIpc) is 3.22. The number of fused-ring (bicyclic) bond motifs is 3. The standard InChI is InChI=1S/C26H25BrN2O2S/c1-16-12-17(2)14-18(13-16)29-32(30,31)19-10-11-25-23(15-19)20-7-5-8-21(20)26(28-25)22-6-3-4-9-24(22)27/h3-7,9-15,20-21,26,28-29H,8H2,1-2H3/t20-,21+,26-/m0/s1. The summed E-state index contributed by atoms with van der Waals surface area (Å²) >= 11 is 3.70. The first-order valence-electron chi connectivity index (χ1n) is 10.7. The first-order chi connectivity index (χ1) is 15.3. The lowest BCUT2D eigenvalue weighted by atomic mass is 9.77. The molecule has 0 saturated carbocycles. The molecule has 2 aliphatic rings. The zero-order chi connectivity index (χ0) is 22.5. The number of anilines is 2. The summed E-state index contributed by atoms with van der Waals surface area (Å²) in [7, 11) is -3.69. The number of halogens is 1. The summed E-state index contributed by atoms with van der Waals surface area (Å²) in [6.07, 6.45) is 5.40. The van der Waals surface area contributed by atoms with E-state index in [9.17, 15) is 8.42 Å². The van der Waals surface area contributed by atoms with E-state index in [1.165, 1.54) is 5.56 Å². The van der Waals surface area contributed by atoms with Gasteiger partial charge in [-0.05, 0) is 84.8 Å². The zero-order valence-corrected chi connectivity index (χ0v) is 20.4. The van der Waals surface area contributed by atoms with Crippen molar-refractivity contribution in [2.75, 3.05) is 10.0 Å². The molecular weight excluding hydrogens is 484 g/mol. The quantitative estimate of drug-likeness (QED) is 0.385. The fraction of sp³-hybridized carbons (Fsp3) is 0.231. The van der Waals surface area contributed by atoms with Gasteiger partial charge in [-0.15, -0.1) is 0 Å². The van der Waals surface area contributed by atoms with Crippen molar-refractivity contribution in [2.24, 2.45) is 5.92 Å². The minimum absolute atomic E-state index is 0.161. The molecule has 164 valence electrons. The molecule has 32 heavy (non-hydrogen) atoms. The minimum Gasteiger partial charge on any atom is -0.378 e. The molecule has 1 heterocycles. The van der Waals surface area contributed by atoms with Gasteiger partial charge in [0.25, 0.3) is 10.0 Å². The first-order valence-corrected chi connectivity index (χ1v) is 13.0. The number of sulfonamides is 1. The van der Waals surface area contributed by atoms with Crippen molar-refractivity contribution in [3.63, 3.8) is 0 Å². The third kappa shape index (κ3) is 3.86. The molecule has 0 aromatic heterocycles. The van der Waals surface area contributed by atoms with Crippen LogP contribution in [-0.2, 0) is 10.0 Å². The van der Waals surface area contributed by atoms with Crippen LogP contribution in [0.25, 0.3) is 0 Å². The van der Waals surface area contributed by atoms with Crippen LogP contribution in [0.3, 0.4) is 0 Å². The number of rotatable bonds is 4. The molecule has 4 nitrogen and oxygen atoms in total. The van der Waals surface area contributed by atoms with E-state index in [1.807, 2.05) is 50.2 Å². The Morgan fingerprint density at radius 3 is 2.47 bits per heavy atom. The van der Waals surface area contributed by atoms with Gasteiger partial charge in [0.15, 0.2) is 0 Å². The van der Waals surface area contributed by atoms with E-state index in [0.29, 0.717) is 11.6 Å². The second kappa shape index (κ2) is 8.09. The van der Waals surface area contributed by atoms with Gasteiger partial charge >= 0.3 is 0 Å². The van der Waals surface area contributed by atoms with Crippen LogP contribution in [0.5, 0.6) is 0 Å². The number of hydrogen-bond donors (Lipinski definition) is 2. The van der Waals surface area contributed by atoms with Crippen molar-refractivity contribution in [1.29, 1.82) is 0 Å². The zero-order valence-electron chi connectivity index (χ0n) is 18.0. The van der Waals surface area contributed by atoms with Crippen LogP contribution in [0.15, 0.2) is 82.2 Å². The van der Waals surface area contributed by atoms with Gasteiger partial charge in [-0.3, -0.25) is 4.72 Å². The Labute approximate surface area is 197 Å². The molecule has 3 atom stereocenters. The predicted octanol–water partition coefficient (Wildman–Crippen LogP) is 6.69. The van der Waals surface area contributed by atoms with Crippen LogP contribution in [0, 0.1) is 19.8 Å². The average molecular weight is 509 g/mol. The third-order valence-electron chi connectivity index (χ3n) is 6.36. The van der Waals surface area contributed by atoms with Crippen LogP contribution in [0.1, 0.15) is 40.6 Å². The Kier molecular flexibility index (Phi) is 5.38. The van der Waals surface area contributed by atoms with Gasteiger partial charge in [-0.25, -0.2) is 8.42 Å². The molecule has 0 bridgehead atoms. The molecule has 5 rings (SSSR count). The Balaban J connectivity index is 1.50. The summed E-state index contributed by atoms with van der Waals surface area (Å²) in [5.74, 6) is 0.520. The van der Waals surface area contributed by atoms with Crippen molar-refractivity contribution >= 4 is 37.3 Å². The van der Waals surface area contributed by atoms with Gasteiger partial charge in [0.05, 0.1) is 10.9 Å². The Bertz CT molecular complexity index is 1310. The van der Waals surface area contributed by atoms with Gasteiger partial charge in [0, 0.05) is 21.8 Å². The van der Waals surface area contributed by atoms with E-state index in [0.717, 1.165) is 33.3 Å². The van der Waals surface area contributed by atoms with E-state index in [1.54, 1.807) is 6.07 Å². The molecule has 1 aliphatic carbocycles. The van der Waals surface area contributed by atoms with Crippen molar-refractivity contribution in [2.45, 2.75) is 37.1 Å². The summed E-state index contributed by atoms with van der Waals surface area (Å²) in [4.78, 5) is 0.288. The number of allylic oxidation sites excluding steroid dienone is 2. The highest BCUT2D eigenvalue weighted by molar-refractivity contribution is 9.10. The lowest BCUT2D eigenvalue weighted by Crippen LogP contribution is -2.29. The van der Waals surface area contributed by atoms with Crippen LogP contribution in [0.4, 0.5) is 11.4 Å². The summed E-state index contributed by atoms with van der Waals surface area (Å²) in [6.45, 7) is 3.92. The van der Waals surface area contributed by atoms with Crippen LogP contribution < -0.4 is 10.0 Å². The summed E-state index contributed by atoms with van der Waals surface area (Å²) in [6, 6.07) is 19.6. The largest absolute Gasteiger partial charge is 0.378 e. The maximum atomic E-state index is 13.2. The van der Waals surface area contributed by atoms with Gasteiger partial charge in [-0.2, -0.15) is 0 Å². The molecule has 0 unspecified atom stereocenters. The van der Waals surface area contributed by atoms with Gasteiger partial charge in [0.2, 0.25) is 0 Å². The van der Waals surface area contributed by atoms with E-state index in [2.05, 4.69) is 56.3 Å². The molecule has 6 heteroatoms. The molecule has 0 saturated heterocycles. The summed E-state index contributed by atoms with van der Waals surface area (Å²) < 4.78 is 30.2. The third-order valence-corrected chi connectivity index (χ3v) is 8.46. The molecule has 0 radical (unpaired) electrons. The van der Waals surface area contributed by atoms with Gasteiger partial charge in [0.1, 0.15) is 0 Å². The van der Waals surface area contributed by atoms with Crippen LogP contribution in [-0.4, -0.2) is 8.42 Å². The maximum absolute atomic E-state index is 13.2. The number of nitrogens with one attached hydrogen (secondary N) is 2. The highest BCUT2D eigenvalue weighted by Crippen LogP contribution is 2.51. The number of aryl methyl sites for hydroxylation is 2. The fourth-order valence-electron chi connectivity index (χ4n) is 5.02. The van der Waals surface area contributed by atoms with Crippen molar-refractivity contribution < 1.29 is 8.42 Å². The summed E-state index contributed by atoms with van der Waals surface area (Å²) in [5, 5.41) is 3.68.